The van der Waals surface area contributed by atoms with Gasteiger partial charge in [-0.05, 0) is 14.0 Å². The van der Waals surface area contributed by atoms with Gasteiger partial charge in [-0.1, -0.05) is 0 Å². The van der Waals surface area contributed by atoms with E-state index in [4.69, 9.17) is 9.47 Å². The summed E-state index contributed by atoms with van der Waals surface area (Å²) in [5.74, 6) is -0.366. The Morgan fingerprint density at radius 3 is 2.44 bits per heavy atom. The molecule has 0 amide bonds. The molecule has 1 aliphatic heterocycles. The Hall–Kier alpha value is -0.120. The third kappa shape index (κ3) is 1.64. The third-order valence-corrected chi connectivity index (χ3v) is 1.40. The normalized spacial score (nSPS) is 24.7. The molecule has 54 valence electrons. The molecule has 0 aliphatic carbocycles. The molecule has 3 heteroatoms. The lowest BCUT2D eigenvalue weighted by atomic mass is 10.3. The topological polar surface area (TPSA) is 30.5 Å². The highest BCUT2D eigenvalue weighted by Crippen LogP contribution is 2.16. The molecule has 1 N–H and O–H groups in total. The number of ether oxygens (including phenoxy) is 2. The zero-order chi connectivity index (χ0) is 6.74. The fourth-order valence-electron chi connectivity index (χ4n) is 0.980. The van der Waals surface area contributed by atoms with Gasteiger partial charge in [0.25, 0.3) is 0 Å². The van der Waals surface area contributed by atoms with E-state index in [0.717, 1.165) is 19.8 Å². The molecule has 1 rings (SSSR count). The summed E-state index contributed by atoms with van der Waals surface area (Å²) in [6, 6.07) is 0. The third-order valence-electron chi connectivity index (χ3n) is 1.40. The number of nitrogens with one attached hydrogen (secondary N) is 1. The van der Waals surface area contributed by atoms with Crippen LogP contribution in [0, 0.1) is 0 Å². The van der Waals surface area contributed by atoms with Gasteiger partial charge in [0.15, 0.2) is 5.79 Å². The Labute approximate surface area is 55.3 Å². The molecular formula is C6H13NO2. The average molecular weight is 131 g/mol. The lowest BCUT2D eigenvalue weighted by Gasteiger charge is -2.20. The van der Waals surface area contributed by atoms with Crippen LogP contribution in [0.5, 0.6) is 0 Å². The van der Waals surface area contributed by atoms with Crippen LogP contribution in [0.15, 0.2) is 0 Å². The van der Waals surface area contributed by atoms with Crippen LogP contribution in [-0.2, 0) is 9.47 Å². The van der Waals surface area contributed by atoms with Gasteiger partial charge in [-0.2, -0.15) is 0 Å². The van der Waals surface area contributed by atoms with E-state index in [-0.39, 0.29) is 5.79 Å². The van der Waals surface area contributed by atoms with Gasteiger partial charge in [-0.15, -0.1) is 0 Å². The van der Waals surface area contributed by atoms with E-state index in [2.05, 4.69) is 5.32 Å². The van der Waals surface area contributed by atoms with Crippen molar-refractivity contribution in [3.8, 4) is 0 Å². The van der Waals surface area contributed by atoms with Crippen molar-refractivity contribution in [2.24, 2.45) is 0 Å². The molecule has 0 aromatic carbocycles. The maximum Gasteiger partial charge on any atom is 0.178 e. The first-order valence-electron chi connectivity index (χ1n) is 3.19. The molecule has 0 saturated carbocycles. The summed E-state index contributed by atoms with van der Waals surface area (Å²) in [5, 5.41) is 3.00. The monoisotopic (exact) mass is 131 g/mol. The second kappa shape index (κ2) is 2.64. The van der Waals surface area contributed by atoms with E-state index in [0.29, 0.717) is 0 Å². The Morgan fingerprint density at radius 2 is 2.00 bits per heavy atom. The molecule has 1 aliphatic rings. The van der Waals surface area contributed by atoms with Crippen molar-refractivity contribution in [2.45, 2.75) is 12.7 Å². The molecular weight excluding hydrogens is 118 g/mol. The summed E-state index contributed by atoms with van der Waals surface area (Å²) >= 11 is 0. The van der Waals surface area contributed by atoms with Gasteiger partial charge in [0.1, 0.15) is 0 Å². The zero-order valence-electron chi connectivity index (χ0n) is 5.94. The first-order valence-corrected chi connectivity index (χ1v) is 3.19. The number of rotatable bonds is 2. The minimum Gasteiger partial charge on any atom is -0.347 e. The largest absolute Gasteiger partial charge is 0.347 e. The number of hydrogen-bond acceptors (Lipinski definition) is 3. The van der Waals surface area contributed by atoms with Crippen LogP contribution in [0.25, 0.3) is 0 Å². The highest BCUT2D eigenvalue weighted by molar-refractivity contribution is 4.69. The predicted molar refractivity (Wildman–Crippen MR) is 34.2 cm³/mol. The number of likely N-dealkylation sites (N-methyl/N-ethyl adjacent to an activating group) is 1. The average Bonchev–Trinajstić information content (AvgIpc) is 2.16. The molecule has 1 fully saturated rings. The van der Waals surface area contributed by atoms with Crippen LogP contribution in [0.1, 0.15) is 6.92 Å². The first kappa shape index (κ1) is 6.99. The van der Waals surface area contributed by atoms with E-state index in [1.807, 2.05) is 14.0 Å². The minimum absolute atomic E-state index is 0.366. The Morgan fingerprint density at radius 1 is 1.44 bits per heavy atom. The molecule has 9 heavy (non-hydrogen) atoms. The van der Waals surface area contributed by atoms with Crippen molar-refractivity contribution in [1.82, 2.24) is 5.32 Å². The second-order valence-electron chi connectivity index (χ2n) is 2.36. The van der Waals surface area contributed by atoms with Crippen LogP contribution in [0.3, 0.4) is 0 Å². The van der Waals surface area contributed by atoms with Crippen molar-refractivity contribution < 1.29 is 9.47 Å². The summed E-state index contributed by atoms with van der Waals surface area (Å²) in [7, 11) is 1.89. The Kier molecular flexibility index (Phi) is 2.05. The molecule has 0 atom stereocenters. The van der Waals surface area contributed by atoms with Gasteiger partial charge >= 0.3 is 0 Å². The molecule has 0 bridgehead atoms. The van der Waals surface area contributed by atoms with E-state index in [1.54, 1.807) is 0 Å². The van der Waals surface area contributed by atoms with Crippen LogP contribution >= 0.6 is 0 Å². The second-order valence-corrected chi connectivity index (χ2v) is 2.36. The molecule has 0 spiro atoms. The van der Waals surface area contributed by atoms with E-state index < -0.39 is 0 Å². The van der Waals surface area contributed by atoms with Crippen LogP contribution < -0.4 is 5.32 Å². The highest BCUT2D eigenvalue weighted by Gasteiger charge is 2.29. The molecule has 0 unspecified atom stereocenters. The SMILES string of the molecule is CNCC1(C)OCCO1. The summed E-state index contributed by atoms with van der Waals surface area (Å²) in [6.45, 7) is 4.14. The van der Waals surface area contributed by atoms with Crippen molar-refractivity contribution in [3.63, 3.8) is 0 Å². The lowest BCUT2D eigenvalue weighted by Crippen LogP contribution is -2.37. The predicted octanol–water partition coefficient (Wildman–Crippen LogP) is -0.0312. The van der Waals surface area contributed by atoms with Crippen LogP contribution in [0.4, 0.5) is 0 Å². The van der Waals surface area contributed by atoms with Gasteiger partial charge in [0.05, 0.1) is 13.2 Å². The van der Waals surface area contributed by atoms with Crippen molar-refractivity contribution in [2.75, 3.05) is 26.8 Å². The lowest BCUT2D eigenvalue weighted by molar-refractivity contribution is -0.137. The summed E-state index contributed by atoms with van der Waals surface area (Å²) in [4.78, 5) is 0. The molecule has 0 aromatic heterocycles. The van der Waals surface area contributed by atoms with Crippen molar-refractivity contribution >= 4 is 0 Å². The smallest absolute Gasteiger partial charge is 0.178 e. The quantitative estimate of drug-likeness (QED) is 0.571. The molecule has 1 heterocycles. The molecule has 1 saturated heterocycles. The number of hydrogen-bond donors (Lipinski definition) is 1. The summed E-state index contributed by atoms with van der Waals surface area (Å²) < 4.78 is 10.6. The minimum atomic E-state index is -0.366. The van der Waals surface area contributed by atoms with Crippen molar-refractivity contribution in [1.29, 1.82) is 0 Å². The fraction of sp³-hybridized carbons (Fsp3) is 1.00. The fourth-order valence-corrected chi connectivity index (χ4v) is 0.980. The Bertz CT molecular complexity index is 89.1. The Balaban J connectivity index is 2.32. The van der Waals surface area contributed by atoms with Crippen LogP contribution in [0.2, 0.25) is 0 Å². The van der Waals surface area contributed by atoms with E-state index in [1.165, 1.54) is 0 Å². The summed E-state index contributed by atoms with van der Waals surface area (Å²) in [6.07, 6.45) is 0. The van der Waals surface area contributed by atoms with Gasteiger partial charge < -0.3 is 14.8 Å². The summed E-state index contributed by atoms with van der Waals surface area (Å²) in [5.41, 5.74) is 0. The van der Waals surface area contributed by atoms with Gasteiger partial charge in [0, 0.05) is 6.54 Å². The standard InChI is InChI=1S/C6H13NO2/c1-6(5-7-2)8-3-4-9-6/h7H,3-5H2,1-2H3. The zero-order valence-corrected chi connectivity index (χ0v) is 5.94. The van der Waals surface area contributed by atoms with Gasteiger partial charge in [0.2, 0.25) is 0 Å². The van der Waals surface area contributed by atoms with Crippen molar-refractivity contribution in [3.05, 3.63) is 0 Å². The molecule has 0 aromatic rings. The van der Waals surface area contributed by atoms with Gasteiger partial charge in [-0.3, -0.25) is 0 Å². The van der Waals surface area contributed by atoms with Gasteiger partial charge in [-0.25, -0.2) is 0 Å². The van der Waals surface area contributed by atoms with E-state index in [9.17, 15) is 0 Å². The van der Waals surface area contributed by atoms with Crippen LogP contribution in [-0.4, -0.2) is 32.6 Å². The molecule has 3 nitrogen and oxygen atoms in total. The highest BCUT2D eigenvalue weighted by atomic mass is 16.7. The van der Waals surface area contributed by atoms with E-state index >= 15 is 0 Å². The molecule has 0 radical (unpaired) electrons. The first-order chi connectivity index (χ1) is 4.27. The maximum absolute atomic E-state index is 5.30. The maximum atomic E-state index is 5.30.